The standard InChI is InChI=1S/C31H54N2O10Si2/c1-8-38-44(39-9-2,40-10-3)18-14-16-32-27(34)22-25(29(32)35)24-20-23(7)28-26(21-24)30(36)33(31(28)37)17-15-19-45(41-11-4,42-12-5)43-13-6/h20,24-26,28H,8-19,21-22H2,1-7H3. The van der Waals surface area contributed by atoms with Crippen LogP contribution in [-0.4, -0.2) is 104 Å². The largest absolute Gasteiger partial charge is 0.500 e. The van der Waals surface area contributed by atoms with Crippen molar-refractivity contribution in [3.8, 4) is 0 Å². The summed E-state index contributed by atoms with van der Waals surface area (Å²) in [7, 11) is -5.79. The molecule has 2 saturated heterocycles. The lowest BCUT2D eigenvalue weighted by atomic mass is 9.71. The lowest BCUT2D eigenvalue weighted by Gasteiger charge is -2.30. The first kappa shape index (κ1) is 37.7. The average molecular weight is 671 g/mol. The van der Waals surface area contributed by atoms with Crippen molar-refractivity contribution in [2.45, 2.75) is 86.2 Å². The number of rotatable bonds is 21. The molecule has 0 bridgehead atoms. The lowest BCUT2D eigenvalue weighted by Crippen LogP contribution is -2.46. The summed E-state index contributed by atoms with van der Waals surface area (Å²) in [5.74, 6) is -2.75. The van der Waals surface area contributed by atoms with E-state index in [1.807, 2.05) is 54.5 Å². The summed E-state index contributed by atoms with van der Waals surface area (Å²) < 4.78 is 35.5. The van der Waals surface area contributed by atoms with Gasteiger partial charge in [-0.2, -0.15) is 0 Å². The van der Waals surface area contributed by atoms with Gasteiger partial charge in [0.05, 0.1) is 17.8 Å². The van der Waals surface area contributed by atoms with Gasteiger partial charge in [0.2, 0.25) is 23.6 Å². The van der Waals surface area contributed by atoms with Gasteiger partial charge in [-0.15, -0.1) is 0 Å². The van der Waals surface area contributed by atoms with Crippen molar-refractivity contribution in [3.05, 3.63) is 11.6 Å². The van der Waals surface area contributed by atoms with E-state index in [1.165, 1.54) is 9.80 Å². The van der Waals surface area contributed by atoms with Gasteiger partial charge < -0.3 is 26.6 Å². The molecule has 2 fully saturated rings. The summed E-state index contributed by atoms with van der Waals surface area (Å²) in [6.45, 7) is 16.5. The summed E-state index contributed by atoms with van der Waals surface area (Å²) >= 11 is 0. The minimum atomic E-state index is -2.90. The third kappa shape index (κ3) is 8.77. The number of carbonyl (C=O) groups is 4. The fourth-order valence-electron chi connectivity index (χ4n) is 7.03. The van der Waals surface area contributed by atoms with Gasteiger partial charge in [-0.05, 0) is 73.6 Å². The number of amides is 4. The molecule has 3 rings (SSSR count). The first-order valence-electron chi connectivity index (χ1n) is 16.8. The molecule has 12 nitrogen and oxygen atoms in total. The molecular weight excluding hydrogens is 617 g/mol. The molecule has 4 atom stereocenters. The van der Waals surface area contributed by atoms with Gasteiger partial charge in [-0.1, -0.05) is 11.6 Å². The fourth-order valence-corrected chi connectivity index (χ4v) is 12.2. The predicted octanol–water partition coefficient (Wildman–Crippen LogP) is 3.81. The molecule has 256 valence electrons. The van der Waals surface area contributed by atoms with Crippen molar-refractivity contribution in [3.63, 3.8) is 0 Å². The minimum Gasteiger partial charge on any atom is -0.374 e. The Balaban J connectivity index is 1.64. The van der Waals surface area contributed by atoms with E-state index in [1.54, 1.807) is 0 Å². The third-order valence-corrected chi connectivity index (χ3v) is 15.0. The van der Waals surface area contributed by atoms with E-state index in [4.69, 9.17) is 26.6 Å². The quantitative estimate of drug-likeness (QED) is 0.101. The van der Waals surface area contributed by atoms with Crippen LogP contribution in [0.3, 0.4) is 0 Å². The third-order valence-electron chi connectivity index (χ3n) is 8.72. The number of carbonyl (C=O) groups excluding carboxylic acids is 4. The highest BCUT2D eigenvalue weighted by atomic mass is 28.4. The number of allylic oxidation sites excluding steroid dienone is 1. The first-order chi connectivity index (χ1) is 21.6. The van der Waals surface area contributed by atoms with Crippen molar-refractivity contribution in [1.29, 1.82) is 0 Å². The van der Waals surface area contributed by atoms with Gasteiger partial charge in [0.1, 0.15) is 0 Å². The number of likely N-dealkylation sites (tertiary alicyclic amines) is 2. The molecule has 0 saturated carbocycles. The summed E-state index contributed by atoms with van der Waals surface area (Å²) in [6, 6.07) is 1.01. The molecular formula is C31H54N2O10Si2. The van der Waals surface area contributed by atoms with Crippen LogP contribution in [0.4, 0.5) is 0 Å². The predicted molar refractivity (Wildman–Crippen MR) is 171 cm³/mol. The van der Waals surface area contributed by atoms with Crippen molar-refractivity contribution < 1.29 is 45.7 Å². The van der Waals surface area contributed by atoms with Crippen molar-refractivity contribution in [1.82, 2.24) is 9.80 Å². The number of nitrogens with zero attached hydrogens (tertiary/aromatic N) is 2. The molecule has 14 heteroatoms. The van der Waals surface area contributed by atoms with Gasteiger partial charge in [0.15, 0.2) is 0 Å². The number of imide groups is 2. The van der Waals surface area contributed by atoms with E-state index in [0.717, 1.165) is 5.57 Å². The van der Waals surface area contributed by atoms with E-state index >= 15 is 0 Å². The van der Waals surface area contributed by atoms with Crippen LogP contribution in [0.15, 0.2) is 11.6 Å². The molecule has 3 aliphatic rings. The molecule has 4 amide bonds. The number of fused-ring (bicyclic) bond motifs is 1. The van der Waals surface area contributed by atoms with Crippen LogP contribution in [0.5, 0.6) is 0 Å². The number of hydrogen-bond acceptors (Lipinski definition) is 10. The van der Waals surface area contributed by atoms with Crippen LogP contribution in [0.25, 0.3) is 0 Å². The van der Waals surface area contributed by atoms with Crippen LogP contribution >= 0.6 is 0 Å². The number of hydrogen-bond donors (Lipinski definition) is 0. The Bertz CT molecular complexity index is 1040. The van der Waals surface area contributed by atoms with E-state index < -0.39 is 35.4 Å². The van der Waals surface area contributed by atoms with Gasteiger partial charge in [0, 0.05) is 71.2 Å². The Hall–Kier alpha value is -1.79. The summed E-state index contributed by atoms with van der Waals surface area (Å²) in [4.78, 5) is 56.3. The first-order valence-corrected chi connectivity index (χ1v) is 20.6. The van der Waals surface area contributed by atoms with Gasteiger partial charge in [0.25, 0.3) is 0 Å². The molecule has 0 N–H and O–H groups in total. The molecule has 0 aromatic carbocycles. The Morgan fingerprint density at radius 1 is 0.644 bits per heavy atom. The van der Waals surface area contributed by atoms with Gasteiger partial charge in [-0.25, -0.2) is 0 Å². The van der Waals surface area contributed by atoms with E-state index in [2.05, 4.69) is 0 Å². The Labute approximate surface area is 270 Å². The topological polar surface area (TPSA) is 130 Å². The highest BCUT2D eigenvalue weighted by molar-refractivity contribution is 6.61. The monoisotopic (exact) mass is 670 g/mol. The van der Waals surface area contributed by atoms with Crippen LogP contribution in [-0.2, 0) is 45.7 Å². The summed E-state index contributed by atoms with van der Waals surface area (Å²) in [5.41, 5.74) is 0.790. The fraction of sp³-hybridized carbons (Fsp3) is 0.806. The highest BCUT2D eigenvalue weighted by Crippen LogP contribution is 2.45. The molecule has 0 aromatic rings. The Morgan fingerprint density at radius 3 is 1.51 bits per heavy atom. The molecule has 0 spiro atoms. The second kappa shape index (κ2) is 17.4. The Morgan fingerprint density at radius 2 is 1.07 bits per heavy atom. The zero-order valence-corrected chi connectivity index (χ0v) is 30.3. The molecule has 0 aromatic heterocycles. The SMILES string of the molecule is CCO[Si](CCCN1C(=O)CC(C2C=C(C)C3C(=O)N(CCC[Si](OCC)(OCC)OCC)C(=O)C3C2)C1=O)(OCC)OCC. The normalized spacial score (nSPS) is 24.2. The molecule has 4 unspecified atom stereocenters. The molecule has 1 aliphatic carbocycles. The second-order valence-corrected chi connectivity index (χ2v) is 17.1. The maximum atomic E-state index is 13.6. The maximum Gasteiger partial charge on any atom is 0.500 e. The van der Waals surface area contributed by atoms with E-state index in [0.29, 0.717) is 71.0 Å². The van der Waals surface area contributed by atoms with Gasteiger partial charge >= 0.3 is 17.6 Å². The van der Waals surface area contributed by atoms with Crippen LogP contribution in [0, 0.1) is 23.7 Å². The zero-order chi connectivity index (χ0) is 33.2. The molecule has 0 radical (unpaired) electrons. The molecule has 2 heterocycles. The van der Waals surface area contributed by atoms with E-state index in [-0.39, 0.29) is 49.1 Å². The van der Waals surface area contributed by atoms with Crippen LogP contribution in [0.1, 0.15) is 74.1 Å². The van der Waals surface area contributed by atoms with Crippen LogP contribution < -0.4 is 0 Å². The highest BCUT2D eigenvalue weighted by Gasteiger charge is 2.53. The Kier molecular flexibility index (Phi) is 14.6. The average Bonchev–Trinajstić information content (AvgIpc) is 3.41. The van der Waals surface area contributed by atoms with Crippen molar-refractivity contribution >= 4 is 41.2 Å². The minimum absolute atomic E-state index is 0.0977. The zero-order valence-electron chi connectivity index (χ0n) is 28.3. The smallest absolute Gasteiger partial charge is 0.374 e. The molecule has 2 aliphatic heterocycles. The van der Waals surface area contributed by atoms with Crippen molar-refractivity contribution in [2.75, 3.05) is 52.7 Å². The summed E-state index contributed by atoms with van der Waals surface area (Å²) in [5, 5.41) is 0. The summed E-state index contributed by atoms with van der Waals surface area (Å²) in [6.07, 6.45) is 3.44. The second-order valence-electron chi connectivity index (χ2n) is 11.6. The lowest BCUT2D eigenvalue weighted by molar-refractivity contribution is -0.142. The molecule has 45 heavy (non-hydrogen) atoms. The van der Waals surface area contributed by atoms with Crippen molar-refractivity contribution in [2.24, 2.45) is 23.7 Å². The van der Waals surface area contributed by atoms with Crippen LogP contribution in [0.2, 0.25) is 12.1 Å². The van der Waals surface area contributed by atoms with E-state index in [9.17, 15) is 19.2 Å². The van der Waals surface area contributed by atoms with Gasteiger partial charge in [-0.3, -0.25) is 29.0 Å². The maximum absolute atomic E-state index is 13.6.